The highest BCUT2D eigenvalue weighted by molar-refractivity contribution is 6.57. The maximum atomic E-state index is 11.3. The molecule has 2 fully saturated rings. The van der Waals surface area contributed by atoms with Crippen molar-refractivity contribution in [2.75, 3.05) is 13.7 Å². The molecule has 14 heavy (non-hydrogen) atoms. The van der Waals surface area contributed by atoms with Crippen LogP contribution in [0.5, 0.6) is 0 Å². The van der Waals surface area contributed by atoms with E-state index in [4.69, 9.17) is 7.85 Å². The highest BCUT2D eigenvalue weighted by Crippen LogP contribution is 2.28. The first-order valence-corrected chi connectivity index (χ1v) is 4.53. The van der Waals surface area contributed by atoms with E-state index in [0.717, 1.165) is 6.42 Å². The van der Waals surface area contributed by atoms with Gasteiger partial charge in [-0.05, 0) is 6.42 Å². The molecule has 74 valence electrons. The van der Waals surface area contributed by atoms with Crippen molar-refractivity contribution < 1.29 is 14.3 Å². The first-order valence-electron chi connectivity index (χ1n) is 4.53. The summed E-state index contributed by atoms with van der Waals surface area (Å²) in [5.74, 6) is -0.795. The molecule has 1 N–H and O–H groups in total. The Balaban J connectivity index is 2.11. The second-order valence-electron chi connectivity index (χ2n) is 3.66. The van der Waals surface area contributed by atoms with Gasteiger partial charge in [-0.2, -0.15) is 0 Å². The van der Waals surface area contributed by atoms with Crippen molar-refractivity contribution in [3.8, 4) is 0 Å². The van der Waals surface area contributed by atoms with Crippen LogP contribution in [0.2, 0.25) is 0 Å². The number of piperazine rings is 1. The van der Waals surface area contributed by atoms with Crippen LogP contribution in [-0.4, -0.2) is 56.3 Å². The number of carbonyl (C=O) groups is 2. The lowest BCUT2D eigenvalue weighted by Gasteiger charge is -2.31. The zero-order valence-electron chi connectivity index (χ0n) is 7.90. The first-order chi connectivity index (χ1) is 6.63. The molecule has 6 heteroatoms. The summed E-state index contributed by atoms with van der Waals surface area (Å²) in [6.45, 7) is 0.591. The Bertz CT molecular complexity index is 284. The molecule has 1 amide bonds. The molecule has 3 atom stereocenters. The number of ether oxygens (including phenoxy) is 1. The summed E-state index contributed by atoms with van der Waals surface area (Å²) in [6, 6.07) is -0.368. The molecule has 0 aliphatic carbocycles. The van der Waals surface area contributed by atoms with Crippen molar-refractivity contribution in [3.63, 3.8) is 0 Å². The summed E-state index contributed by atoms with van der Waals surface area (Å²) in [5, 5.41) is 3.10. The van der Waals surface area contributed by atoms with E-state index < -0.39 is 11.8 Å². The fourth-order valence-electron chi connectivity index (χ4n) is 2.27. The third-order valence-corrected chi connectivity index (χ3v) is 2.88. The Morgan fingerprint density at radius 2 is 2.29 bits per heavy atom. The van der Waals surface area contributed by atoms with E-state index in [2.05, 4.69) is 10.1 Å². The van der Waals surface area contributed by atoms with Crippen molar-refractivity contribution in [2.24, 2.45) is 0 Å². The molecule has 2 saturated heterocycles. The van der Waals surface area contributed by atoms with E-state index >= 15 is 0 Å². The van der Waals surface area contributed by atoms with Crippen LogP contribution in [-0.2, 0) is 9.53 Å². The number of hydrogen-bond acceptors (Lipinski definition) is 4. The summed E-state index contributed by atoms with van der Waals surface area (Å²) >= 11 is 0. The normalized spacial score (nSPS) is 34.6. The van der Waals surface area contributed by atoms with Crippen LogP contribution < -0.4 is 5.32 Å². The molecule has 0 saturated carbocycles. The van der Waals surface area contributed by atoms with Crippen molar-refractivity contribution in [3.05, 3.63) is 0 Å². The molecular weight excluding hydrogens is 183 g/mol. The monoisotopic (exact) mass is 194 g/mol. The third kappa shape index (κ3) is 1.30. The lowest BCUT2D eigenvalue weighted by Crippen LogP contribution is -2.56. The number of carbonyl (C=O) groups excluding carboxylic acids is 2. The summed E-state index contributed by atoms with van der Waals surface area (Å²) in [7, 11) is 6.53. The molecule has 2 heterocycles. The van der Waals surface area contributed by atoms with Gasteiger partial charge in [-0.15, -0.1) is 0 Å². The van der Waals surface area contributed by atoms with Gasteiger partial charge in [-0.1, -0.05) is 0 Å². The second kappa shape index (κ2) is 3.27. The number of amides is 1. The molecule has 2 rings (SSSR count). The third-order valence-electron chi connectivity index (χ3n) is 2.88. The Hall–Kier alpha value is -1.04. The summed E-state index contributed by atoms with van der Waals surface area (Å²) in [5.41, 5.74) is 0. The fourth-order valence-corrected chi connectivity index (χ4v) is 2.27. The van der Waals surface area contributed by atoms with Gasteiger partial charge in [0.25, 0.3) is 0 Å². The van der Waals surface area contributed by atoms with E-state index in [1.165, 1.54) is 12.0 Å². The standard InChI is InChI=1S/C8H11BN2O3/c1-14-7(12)6-5-2-4(10-6)3-11(5)8(9)13/h4-6,10H,2-3H2,1H3. The van der Waals surface area contributed by atoms with Crippen LogP contribution in [0.15, 0.2) is 0 Å². The topological polar surface area (TPSA) is 58.6 Å². The molecule has 2 bridgehead atoms. The number of hydrogen-bond donors (Lipinski definition) is 1. The number of likely N-dealkylation sites (tertiary alicyclic amines) is 1. The van der Waals surface area contributed by atoms with Crippen molar-refractivity contribution in [1.29, 1.82) is 0 Å². The van der Waals surface area contributed by atoms with Gasteiger partial charge in [0.1, 0.15) is 6.04 Å². The van der Waals surface area contributed by atoms with Crippen molar-refractivity contribution in [2.45, 2.75) is 24.5 Å². The van der Waals surface area contributed by atoms with Crippen molar-refractivity contribution >= 4 is 19.6 Å². The van der Waals surface area contributed by atoms with Crippen LogP contribution in [0.1, 0.15) is 6.42 Å². The number of methoxy groups -OCH3 is 1. The van der Waals surface area contributed by atoms with Gasteiger partial charge in [-0.3, -0.25) is 14.9 Å². The fraction of sp³-hybridized carbons (Fsp3) is 0.750. The minimum atomic E-state index is -0.465. The highest BCUT2D eigenvalue weighted by Gasteiger charge is 2.48. The van der Waals surface area contributed by atoms with Gasteiger partial charge in [0, 0.05) is 12.6 Å². The van der Waals surface area contributed by atoms with E-state index in [-0.39, 0.29) is 18.1 Å². The van der Waals surface area contributed by atoms with Crippen LogP contribution in [0, 0.1) is 0 Å². The number of nitrogens with one attached hydrogen (secondary N) is 1. The molecule has 0 spiro atoms. The average Bonchev–Trinajstić information content (AvgIpc) is 2.74. The van der Waals surface area contributed by atoms with Gasteiger partial charge >= 0.3 is 5.97 Å². The maximum absolute atomic E-state index is 11.3. The molecule has 2 radical (unpaired) electrons. The Morgan fingerprint density at radius 3 is 2.79 bits per heavy atom. The SMILES string of the molecule is [B]C(=O)N1CC2CC1C(C(=O)OC)N2. The van der Waals surface area contributed by atoms with Crippen molar-refractivity contribution in [1.82, 2.24) is 10.2 Å². The number of rotatable bonds is 1. The molecule has 0 aromatic heterocycles. The van der Waals surface area contributed by atoms with Gasteiger partial charge in [0.2, 0.25) is 7.85 Å². The lowest BCUT2D eigenvalue weighted by molar-refractivity contribution is -0.144. The van der Waals surface area contributed by atoms with Crippen LogP contribution in [0.25, 0.3) is 0 Å². The summed E-state index contributed by atoms with van der Waals surface area (Å²) in [4.78, 5) is 23.9. The van der Waals surface area contributed by atoms with Crippen LogP contribution in [0.4, 0.5) is 4.79 Å². The molecular formula is C8H11BN2O3. The summed E-state index contributed by atoms with van der Waals surface area (Å²) in [6.07, 6.45) is 0.780. The van der Waals surface area contributed by atoms with E-state index in [0.29, 0.717) is 6.54 Å². The summed E-state index contributed by atoms with van der Waals surface area (Å²) < 4.78 is 4.63. The van der Waals surface area contributed by atoms with Gasteiger partial charge < -0.3 is 9.64 Å². The van der Waals surface area contributed by atoms with Gasteiger partial charge in [-0.25, -0.2) is 0 Å². The Labute approximate surface area is 83.2 Å². The molecule has 0 aromatic rings. The largest absolute Gasteiger partial charge is 0.468 e. The maximum Gasteiger partial charge on any atom is 0.325 e. The first kappa shape index (κ1) is 9.52. The predicted octanol–water partition coefficient (Wildman–Crippen LogP) is -1.14. The van der Waals surface area contributed by atoms with Gasteiger partial charge in [0.15, 0.2) is 5.81 Å². The number of fused-ring (bicyclic) bond motifs is 2. The zero-order chi connectivity index (χ0) is 10.3. The molecule has 5 nitrogen and oxygen atoms in total. The van der Waals surface area contributed by atoms with E-state index in [1.54, 1.807) is 0 Å². The van der Waals surface area contributed by atoms with Crippen LogP contribution in [0.3, 0.4) is 0 Å². The number of nitrogens with zero attached hydrogens (tertiary/aromatic N) is 1. The zero-order valence-corrected chi connectivity index (χ0v) is 7.90. The molecule has 3 unspecified atom stereocenters. The minimum Gasteiger partial charge on any atom is -0.468 e. The van der Waals surface area contributed by atoms with Gasteiger partial charge in [0.05, 0.1) is 13.2 Å². The van der Waals surface area contributed by atoms with E-state index in [1.807, 2.05) is 0 Å². The average molecular weight is 194 g/mol. The minimum absolute atomic E-state index is 0.134. The molecule has 2 aliphatic rings. The smallest absolute Gasteiger partial charge is 0.325 e. The molecule has 0 aromatic carbocycles. The highest BCUT2D eigenvalue weighted by atomic mass is 16.5. The predicted molar refractivity (Wildman–Crippen MR) is 49.0 cm³/mol. The van der Waals surface area contributed by atoms with Crippen LogP contribution >= 0.6 is 0 Å². The molecule has 2 aliphatic heterocycles. The van der Waals surface area contributed by atoms with E-state index in [9.17, 15) is 9.59 Å². The Kier molecular flexibility index (Phi) is 2.22. The second-order valence-corrected chi connectivity index (χ2v) is 3.66. The quantitative estimate of drug-likeness (QED) is 0.423. The number of esters is 1. The Morgan fingerprint density at radius 1 is 1.57 bits per heavy atom. The lowest BCUT2D eigenvalue weighted by atomic mass is 10.0.